The summed E-state index contributed by atoms with van der Waals surface area (Å²) in [5.41, 5.74) is 2.83. The molecule has 0 bridgehead atoms. The molecule has 1 N–H and O–H groups in total. The minimum Gasteiger partial charge on any atom is -0.345 e. The number of hydrogen-bond acceptors (Lipinski definition) is 4. The zero-order chi connectivity index (χ0) is 17.9. The lowest BCUT2D eigenvalue weighted by Crippen LogP contribution is -2.30. The Labute approximate surface area is 166 Å². The van der Waals surface area contributed by atoms with E-state index in [1.165, 1.54) is 41.3 Å². The van der Waals surface area contributed by atoms with E-state index >= 15 is 0 Å². The Kier molecular flexibility index (Phi) is 5.81. The summed E-state index contributed by atoms with van der Waals surface area (Å²) in [4.78, 5) is 13.3. The van der Waals surface area contributed by atoms with Gasteiger partial charge in [-0.3, -0.25) is 4.79 Å². The molecule has 0 saturated carbocycles. The number of nitrogens with one attached hydrogen (secondary N) is 1. The molecule has 1 atom stereocenters. The molecule has 1 unspecified atom stereocenters. The highest BCUT2D eigenvalue weighted by molar-refractivity contribution is 8.16. The number of fused-ring (bicyclic) bond motifs is 1. The van der Waals surface area contributed by atoms with Crippen LogP contribution in [0.25, 0.3) is 0 Å². The summed E-state index contributed by atoms with van der Waals surface area (Å²) in [6.45, 7) is 0. The fourth-order valence-electron chi connectivity index (χ4n) is 3.25. The number of hydrogen-bond donors (Lipinski definition) is 1. The lowest BCUT2D eigenvalue weighted by molar-refractivity contribution is 0.0934. The van der Waals surface area contributed by atoms with Gasteiger partial charge in [-0.05, 0) is 53.7 Å². The van der Waals surface area contributed by atoms with Crippen LogP contribution in [-0.4, -0.2) is 23.2 Å². The third-order valence-electron chi connectivity index (χ3n) is 4.60. The monoisotopic (exact) mass is 405 g/mol. The summed E-state index contributed by atoms with van der Waals surface area (Å²) in [5.74, 6) is 2.94. The number of amides is 1. The molecule has 1 fully saturated rings. The Morgan fingerprint density at radius 1 is 1.04 bits per heavy atom. The van der Waals surface area contributed by atoms with Gasteiger partial charge in [-0.25, -0.2) is 4.39 Å². The van der Waals surface area contributed by atoms with Crippen molar-refractivity contribution in [1.82, 2.24) is 5.32 Å². The summed E-state index contributed by atoms with van der Waals surface area (Å²) >= 11 is 5.48. The summed E-state index contributed by atoms with van der Waals surface area (Å²) in [6.07, 6.45) is 2.09. The van der Waals surface area contributed by atoms with Crippen molar-refractivity contribution >= 4 is 41.2 Å². The van der Waals surface area contributed by atoms with E-state index in [4.69, 9.17) is 0 Å². The molecule has 1 amide bonds. The first-order valence-electron chi connectivity index (χ1n) is 8.77. The maximum Gasteiger partial charge on any atom is 0.251 e. The van der Waals surface area contributed by atoms with Gasteiger partial charge in [0.25, 0.3) is 5.91 Å². The van der Waals surface area contributed by atoms with Crippen molar-refractivity contribution in [3.05, 3.63) is 65.0 Å². The molecule has 2 aromatic rings. The topological polar surface area (TPSA) is 29.1 Å². The maximum absolute atomic E-state index is 14.0. The van der Waals surface area contributed by atoms with Crippen LogP contribution < -0.4 is 5.32 Å². The van der Waals surface area contributed by atoms with Gasteiger partial charge in [-0.2, -0.15) is 0 Å². The van der Waals surface area contributed by atoms with Gasteiger partial charge in [0.05, 0.1) is 10.6 Å². The second kappa shape index (κ2) is 8.28. The van der Waals surface area contributed by atoms with Crippen LogP contribution in [0.5, 0.6) is 0 Å². The molecule has 0 aromatic heterocycles. The summed E-state index contributed by atoms with van der Waals surface area (Å²) < 4.78 is 14.5. The van der Waals surface area contributed by atoms with Crippen LogP contribution in [-0.2, 0) is 0 Å². The van der Waals surface area contributed by atoms with E-state index in [1.54, 1.807) is 6.07 Å². The van der Waals surface area contributed by atoms with Gasteiger partial charge < -0.3 is 5.32 Å². The molecule has 2 aliphatic heterocycles. The molecule has 136 valence electrons. The Morgan fingerprint density at radius 3 is 2.58 bits per heavy atom. The van der Waals surface area contributed by atoms with Crippen molar-refractivity contribution < 1.29 is 9.18 Å². The lowest BCUT2D eigenvalue weighted by Gasteiger charge is -2.26. The van der Waals surface area contributed by atoms with Crippen LogP contribution in [0, 0.1) is 5.82 Å². The molecule has 2 heterocycles. The average molecular weight is 406 g/mol. The predicted molar refractivity (Wildman–Crippen MR) is 111 cm³/mol. The number of carbonyl (C=O) groups is 1. The highest BCUT2D eigenvalue weighted by Gasteiger charge is 2.25. The molecular formula is C20H20FNOS3. The molecule has 0 radical (unpaired) electrons. The first-order valence-corrected chi connectivity index (χ1v) is 11.9. The van der Waals surface area contributed by atoms with Crippen LogP contribution in [0.3, 0.4) is 0 Å². The van der Waals surface area contributed by atoms with Gasteiger partial charge in [0.15, 0.2) is 0 Å². The SMILES string of the molecule is O=C(NC1CCSc2c(F)cccc21)c1ccc(C2SCCCS2)cc1. The Morgan fingerprint density at radius 2 is 1.81 bits per heavy atom. The Balaban J connectivity index is 1.46. The molecule has 2 aliphatic rings. The molecule has 1 saturated heterocycles. The van der Waals surface area contributed by atoms with Crippen molar-refractivity contribution in [1.29, 1.82) is 0 Å². The molecule has 6 heteroatoms. The number of thioether (sulfide) groups is 3. The minimum atomic E-state index is -0.196. The van der Waals surface area contributed by atoms with Gasteiger partial charge in [0, 0.05) is 16.2 Å². The van der Waals surface area contributed by atoms with E-state index in [1.807, 2.05) is 41.7 Å². The van der Waals surface area contributed by atoms with Crippen LogP contribution in [0.2, 0.25) is 0 Å². The molecule has 26 heavy (non-hydrogen) atoms. The third-order valence-corrected chi connectivity index (χ3v) is 8.78. The normalized spacial score (nSPS) is 20.4. The van der Waals surface area contributed by atoms with Crippen molar-refractivity contribution in [2.75, 3.05) is 17.3 Å². The van der Waals surface area contributed by atoms with E-state index < -0.39 is 0 Å². The van der Waals surface area contributed by atoms with Crippen LogP contribution in [0.1, 0.15) is 45.0 Å². The zero-order valence-electron chi connectivity index (χ0n) is 14.2. The maximum atomic E-state index is 14.0. The lowest BCUT2D eigenvalue weighted by atomic mass is 10.0. The van der Waals surface area contributed by atoms with Gasteiger partial charge >= 0.3 is 0 Å². The molecule has 0 aliphatic carbocycles. The van der Waals surface area contributed by atoms with E-state index in [0.29, 0.717) is 15.0 Å². The first-order chi connectivity index (χ1) is 12.7. The summed E-state index contributed by atoms with van der Waals surface area (Å²) in [6, 6.07) is 12.9. The van der Waals surface area contributed by atoms with Gasteiger partial charge in [0.2, 0.25) is 0 Å². The Bertz CT molecular complexity index is 790. The zero-order valence-corrected chi connectivity index (χ0v) is 16.7. The third kappa shape index (κ3) is 3.92. The van der Waals surface area contributed by atoms with Crippen molar-refractivity contribution in [2.24, 2.45) is 0 Å². The predicted octanol–water partition coefficient (Wildman–Crippen LogP) is 5.66. The van der Waals surface area contributed by atoms with Crippen LogP contribution >= 0.6 is 35.3 Å². The van der Waals surface area contributed by atoms with Crippen LogP contribution in [0.15, 0.2) is 47.4 Å². The second-order valence-electron chi connectivity index (χ2n) is 6.37. The van der Waals surface area contributed by atoms with E-state index in [9.17, 15) is 9.18 Å². The molecule has 0 spiro atoms. The molecule has 2 nitrogen and oxygen atoms in total. The fraction of sp³-hybridized carbons (Fsp3) is 0.350. The van der Waals surface area contributed by atoms with E-state index in [2.05, 4.69) is 17.4 Å². The standard InChI is InChI=1S/C20H20FNOS3/c21-16-4-1-3-15-17(9-12-24-18(15)16)22-19(23)13-5-7-14(8-6-13)20-25-10-2-11-26-20/h1,3-8,17,20H,2,9-12H2,(H,22,23). The fourth-order valence-corrected chi connectivity index (χ4v) is 7.28. The first kappa shape index (κ1) is 18.3. The molecule has 4 rings (SSSR count). The summed E-state index contributed by atoms with van der Waals surface area (Å²) in [5, 5.41) is 3.09. The number of rotatable bonds is 3. The quantitative estimate of drug-likeness (QED) is 0.713. The van der Waals surface area contributed by atoms with Crippen molar-refractivity contribution in [2.45, 2.75) is 28.4 Å². The highest BCUT2D eigenvalue weighted by atomic mass is 32.2. The van der Waals surface area contributed by atoms with E-state index in [0.717, 1.165) is 17.7 Å². The Hall–Kier alpha value is -1.11. The highest BCUT2D eigenvalue weighted by Crippen LogP contribution is 2.43. The van der Waals surface area contributed by atoms with Crippen LogP contribution in [0.4, 0.5) is 4.39 Å². The van der Waals surface area contributed by atoms with Gasteiger partial charge in [-0.1, -0.05) is 24.3 Å². The molecular weight excluding hydrogens is 385 g/mol. The van der Waals surface area contributed by atoms with Gasteiger partial charge in [0.1, 0.15) is 5.82 Å². The van der Waals surface area contributed by atoms with Gasteiger partial charge in [-0.15, -0.1) is 35.3 Å². The second-order valence-corrected chi connectivity index (χ2v) is 10.2. The number of carbonyl (C=O) groups excluding carboxylic acids is 1. The number of benzene rings is 2. The smallest absolute Gasteiger partial charge is 0.251 e. The largest absolute Gasteiger partial charge is 0.345 e. The minimum absolute atomic E-state index is 0.0902. The summed E-state index contributed by atoms with van der Waals surface area (Å²) in [7, 11) is 0. The van der Waals surface area contributed by atoms with Crippen molar-refractivity contribution in [3.8, 4) is 0 Å². The van der Waals surface area contributed by atoms with E-state index in [-0.39, 0.29) is 17.8 Å². The number of halogens is 1. The molecule has 2 aromatic carbocycles. The average Bonchev–Trinajstić information content (AvgIpc) is 2.69. The van der Waals surface area contributed by atoms with Crippen molar-refractivity contribution in [3.63, 3.8) is 0 Å².